The first kappa shape index (κ1) is 32.5. The third-order valence-electron chi connectivity index (χ3n) is 6.07. The number of halogens is 3. The zero-order valence-corrected chi connectivity index (χ0v) is 24.6. The van der Waals surface area contributed by atoms with Gasteiger partial charge in [-0.2, -0.15) is 0 Å². The number of aromatic nitrogens is 3. The van der Waals surface area contributed by atoms with Gasteiger partial charge in [-0.1, -0.05) is 34.8 Å². The van der Waals surface area contributed by atoms with Crippen LogP contribution in [0.2, 0.25) is 15.1 Å². The largest absolute Gasteiger partial charge is 0.477 e. The summed E-state index contributed by atoms with van der Waals surface area (Å²) >= 11 is 17.2. The number of benzene rings is 3. The number of fused-ring (bicyclic) bond motifs is 3. The second-order valence-corrected chi connectivity index (χ2v) is 10.4. The molecule has 228 valence electrons. The molecule has 12 nitrogen and oxygen atoms in total. The number of aromatic carboxylic acids is 3. The molecule has 0 aliphatic rings. The molecule has 3 aromatic carbocycles. The van der Waals surface area contributed by atoms with E-state index in [9.17, 15) is 28.8 Å². The van der Waals surface area contributed by atoms with E-state index in [0.29, 0.717) is 47.8 Å². The van der Waals surface area contributed by atoms with E-state index in [1.165, 1.54) is 18.2 Å². The Morgan fingerprint density at radius 3 is 0.911 bits per heavy atom. The minimum atomic E-state index is -1.17. The molecule has 6 rings (SSSR count). The quantitative estimate of drug-likeness (QED) is 0.137. The van der Waals surface area contributed by atoms with Gasteiger partial charge in [-0.15, -0.1) is 0 Å². The SMILES string of the molecule is O=C(O)c1cc(=O)c2ccc(Cl)cc2[nH]1.O=C(O)c1cc(=O)c2ccc(Cl)cc2[nH]1.O=C(O)c1cc(=O)c2ccc(Cl)cc2[nH]1. The predicted molar refractivity (Wildman–Crippen MR) is 170 cm³/mol. The maximum atomic E-state index is 11.5. The molecule has 0 bridgehead atoms. The van der Waals surface area contributed by atoms with Crippen molar-refractivity contribution < 1.29 is 29.7 Å². The van der Waals surface area contributed by atoms with Crippen LogP contribution in [-0.4, -0.2) is 48.2 Å². The van der Waals surface area contributed by atoms with E-state index >= 15 is 0 Å². The number of carboxylic acids is 3. The van der Waals surface area contributed by atoms with Gasteiger partial charge >= 0.3 is 17.9 Å². The zero-order valence-electron chi connectivity index (χ0n) is 22.4. The molecule has 3 aromatic heterocycles. The Morgan fingerprint density at radius 2 is 0.689 bits per heavy atom. The highest BCUT2D eigenvalue weighted by atomic mass is 35.5. The van der Waals surface area contributed by atoms with Crippen LogP contribution in [0.25, 0.3) is 32.7 Å². The highest BCUT2D eigenvalue weighted by molar-refractivity contribution is 6.32. The van der Waals surface area contributed by atoms with Crippen LogP contribution >= 0.6 is 34.8 Å². The second-order valence-electron chi connectivity index (χ2n) is 9.13. The summed E-state index contributed by atoms with van der Waals surface area (Å²) < 4.78 is 0. The molecular weight excluding hydrogens is 653 g/mol. The standard InChI is InChI=1S/3C10H6ClNO3/c3*11-5-1-2-6-7(3-5)12-8(10(14)15)4-9(6)13/h3*1-4H,(H,12,13)(H,14,15). The van der Waals surface area contributed by atoms with Crippen molar-refractivity contribution in [3.8, 4) is 0 Å². The highest BCUT2D eigenvalue weighted by Gasteiger charge is 2.09. The molecule has 0 fully saturated rings. The van der Waals surface area contributed by atoms with Crippen molar-refractivity contribution in [2.24, 2.45) is 0 Å². The highest BCUT2D eigenvalue weighted by Crippen LogP contribution is 2.17. The van der Waals surface area contributed by atoms with Gasteiger partial charge in [0.2, 0.25) is 0 Å². The Hall–Kier alpha value is -5.43. The van der Waals surface area contributed by atoms with E-state index < -0.39 is 17.9 Å². The van der Waals surface area contributed by atoms with Gasteiger partial charge in [0.15, 0.2) is 16.3 Å². The Balaban J connectivity index is 0.000000154. The van der Waals surface area contributed by atoms with E-state index in [2.05, 4.69) is 15.0 Å². The van der Waals surface area contributed by atoms with Gasteiger partial charge in [0.25, 0.3) is 0 Å². The number of pyridine rings is 3. The number of hydrogen-bond acceptors (Lipinski definition) is 6. The van der Waals surface area contributed by atoms with Crippen LogP contribution in [0.1, 0.15) is 31.5 Å². The summed E-state index contributed by atoms with van der Waals surface area (Å²) in [6.45, 7) is 0. The zero-order chi connectivity index (χ0) is 33.0. The maximum Gasteiger partial charge on any atom is 0.352 e. The molecule has 6 N–H and O–H groups in total. The topological polar surface area (TPSA) is 210 Å². The van der Waals surface area contributed by atoms with Crippen LogP contribution in [0.4, 0.5) is 0 Å². The number of hydrogen-bond donors (Lipinski definition) is 6. The molecule has 0 aliphatic carbocycles. The lowest BCUT2D eigenvalue weighted by Gasteiger charge is -2.00. The van der Waals surface area contributed by atoms with E-state index in [0.717, 1.165) is 18.2 Å². The van der Waals surface area contributed by atoms with Crippen LogP contribution < -0.4 is 16.3 Å². The number of carbonyl (C=O) groups is 3. The molecule has 0 radical (unpaired) electrons. The van der Waals surface area contributed by atoms with E-state index in [4.69, 9.17) is 50.1 Å². The van der Waals surface area contributed by atoms with Gasteiger partial charge < -0.3 is 30.3 Å². The summed E-state index contributed by atoms with van der Waals surface area (Å²) in [5.74, 6) is -3.52. The fourth-order valence-electron chi connectivity index (χ4n) is 4.02. The van der Waals surface area contributed by atoms with E-state index in [1.807, 2.05) is 0 Å². The fraction of sp³-hybridized carbons (Fsp3) is 0. The van der Waals surface area contributed by atoms with Crippen molar-refractivity contribution in [3.63, 3.8) is 0 Å². The first-order valence-electron chi connectivity index (χ1n) is 12.4. The summed E-state index contributed by atoms with van der Waals surface area (Å²) in [5, 5.41) is 28.8. The maximum absolute atomic E-state index is 11.5. The molecule has 0 saturated carbocycles. The molecule has 0 atom stereocenters. The van der Waals surface area contributed by atoms with Gasteiger partial charge in [0, 0.05) is 49.4 Å². The average Bonchev–Trinajstić information content (AvgIpc) is 2.96. The van der Waals surface area contributed by atoms with Crippen LogP contribution in [0, 0.1) is 0 Å². The minimum Gasteiger partial charge on any atom is -0.477 e. The van der Waals surface area contributed by atoms with Crippen LogP contribution in [-0.2, 0) is 0 Å². The van der Waals surface area contributed by atoms with Crippen LogP contribution in [0.15, 0.2) is 87.2 Å². The summed E-state index contributed by atoms with van der Waals surface area (Å²) in [7, 11) is 0. The lowest BCUT2D eigenvalue weighted by Crippen LogP contribution is -2.09. The number of aromatic amines is 3. The molecule has 0 unspecified atom stereocenters. The molecular formula is C30H18Cl3N3O9. The van der Waals surface area contributed by atoms with Crippen molar-refractivity contribution in [2.45, 2.75) is 0 Å². The number of H-pyrrole nitrogens is 3. The average molecular weight is 671 g/mol. The lowest BCUT2D eigenvalue weighted by atomic mass is 10.2. The molecule has 15 heteroatoms. The van der Waals surface area contributed by atoms with Crippen LogP contribution in [0.3, 0.4) is 0 Å². The van der Waals surface area contributed by atoms with Gasteiger partial charge in [-0.05, 0) is 54.6 Å². The summed E-state index contributed by atoms with van der Waals surface area (Å²) in [4.78, 5) is 74.4. The summed E-state index contributed by atoms with van der Waals surface area (Å²) in [6, 6.07) is 17.1. The van der Waals surface area contributed by atoms with Gasteiger partial charge in [-0.25, -0.2) is 14.4 Å². The van der Waals surface area contributed by atoms with Gasteiger partial charge in [0.05, 0.1) is 16.6 Å². The molecule has 45 heavy (non-hydrogen) atoms. The number of nitrogens with one attached hydrogen (secondary N) is 3. The Labute approximate surface area is 265 Å². The van der Waals surface area contributed by atoms with Crippen molar-refractivity contribution in [1.29, 1.82) is 0 Å². The van der Waals surface area contributed by atoms with Crippen molar-refractivity contribution >= 4 is 85.4 Å². The first-order chi connectivity index (χ1) is 21.2. The molecule has 3 heterocycles. The smallest absolute Gasteiger partial charge is 0.352 e. The summed E-state index contributed by atoms with van der Waals surface area (Å²) in [6.07, 6.45) is 0. The molecule has 0 spiro atoms. The Morgan fingerprint density at radius 1 is 0.444 bits per heavy atom. The summed E-state index contributed by atoms with van der Waals surface area (Å²) in [5.41, 5.74) is -0.167. The molecule has 6 aromatic rings. The third-order valence-corrected chi connectivity index (χ3v) is 6.77. The van der Waals surface area contributed by atoms with Crippen LogP contribution in [0.5, 0.6) is 0 Å². The second kappa shape index (κ2) is 13.5. The predicted octanol–water partition coefficient (Wildman–Crippen LogP) is 5.64. The molecule has 0 amide bonds. The normalized spacial score (nSPS) is 10.5. The van der Waals surface area contributed by atoms with E-state index in [1.54, 1.807) is 36.4 Å². The van der Waals surface area contributed by atoms with Gasteiger partial charge in [-0.3, -0.25) is 14.4 Å². The van der Waals surface area contributed by atoms with Crippen molar-refractivity contribution in [2.75, 3.05) is 0 Å². The Bertz CT molecular complexity index is 2070. The number of carboxylic acid groups (broad SMARTS) is 3. The molecule has 0 saturated heterocycles. The number of rotatable bonds is 3. The first-order valence-corrected chi connectivity index (χ1v) is 13.5. The van der Waals surface area contributed by atoms with Crippen molar-refractivity contribution in [3.05, 3.63) is 136 Å². The van der Waals surface area contributed by atoms with E-state index in [-0.39, 0.29) is 33.4 Å². The Kier molecular flexibility index (Phi) is 9.72. The third kappa shape index (κ3) is 7.75. The van der Waals surface area contributed by atoms with Gasteiger partial charge in [0.1, 0.15) is 17.1 Å². The minimum absolute atomic E-state index is 0.144. The fourth-order valence-corrected chi connectivity index (χ4v) is 4.54. The molecule has 0 aliphatic heterocycles. The lowest BCUT2D eigenvalue weighted by molar-refractivity contribution is 0.0680. The van der Waals surface area contributed by atoms with Crippen molar-refractivity contribution in [1.82, 2.24) is 15.0 Å². The monoisotopic (exact) mass is 669 g/mol.